The Hall–Kier alpha value is -1.23. The van der Waals surface area contributed by atoms with Gasteiger partial charge >= 0.3 is 0 Å². The van der Waals surface area contributed by atoms with Crippen LogP contribution < -0.4 is 5.73 Å². The Kier molecular flexibility index (Phi) is 5.89. The molecule has 162 valence electrons. The van der Waals surface area contributed by atoms with Crippen molar-refractivity contribution in [2.75, 3.05) is 45.6 Å². The molecule has 0 spiro atoms. The second-order valence-corrected chi connectivity index (χ2v) is 10.7. The number of carbonyl (C=O) groups is 1. The number of amides is 1. The molecule has 3 fully saturated rings. The summed E-state index contributed by atoms with van der Waals surface area (Å²) < 4.78 is 28.4. The SMILES string of the molecule is COC1(c2ccnc(C(N)=O)c2)[C@@H]2CCC[C@H]1CN(CCN1CCCS1(O)O)C2. The van der Waals surface area contributed by atoms with Crippen molar-refractivity contribution in [2.24, 2.45) is 17.6 Å². The summed E-state index contributed by atoms with van der Waals surface area (Å²) in [5.41, 5.74) is 6.30. The normalized spacial score (nSPS) is 33.5. The Balaban J connectivity index is 1.53. The lowest BCUT2D eigenvalue weighted by Gasteiger charge is -2.55. The van der Waals surface area contributed by atoms with E-state index < -0.39 is 22.3 Å². The quantitative estimate of drug-likeness (QED) is 0.641. The minimum Gasteiger partial charge on any atom is -0.373 e. The molecule has 3 aliphatic rings. The summed E-state index contributed by atoms with van der Waals surface area (Å²) in [6.45, 7) is 4.06. The number of aromatic nitrogens is 1. The molecule has 2 aliphatic heterocycles. The first-order valence-electron chi connectivity index (χ1n) is 10.4. The number of nitrogens with two attached hydrogens (primary N) is 1. The highest BCUT2D eigenvalue weighted by Gasteiger charge is 2.53. The van der Waals surface area contributed by atoms with Gasteiger partial charge in [-0.25, -0.2) is 4.31 Å². The molecule has 4 rings (SSSR count). The number of rotatable bonds is 6. The van der Waals surface area contributed by atoms with Gasteiger partial charge in [-0.05, 0) is 37.0 Å². The lowest BCUT2D eigenvalue weighted by Crippen LogP contribution is -2.59. The predicted octanol–water partition coefficient (Wildman–Crippen LogP) is 2.13. The summed E-state index contributed by atoms with van der Waals surface area (Å²) in [7, 11) is -0.790. The highest BCUT2D eigenvalue weighted by atomic mass is 32.3. The van der Waals surface area contributed by atoms with Gasteiger partial charge in [0.25, 0.3) is 5.91 Å². The third kappa shape index (κ3) is 3.80. The molecular weight excluding hydrogens is 392 g/mol. The van der Waals surface area contributed by atoms with Crippen LogP contribution in [0.5, 0.6) is 0 Å². The van der Waals surface area contributed by atoms with Gasteiger partial charge in [-0.1, -0.05) is 6.42 Å². The van der Waals surface area contributed by atoms with Crippen molar-refractivity contribution in [3.8, 4) is 0 Å². The molecule has 2 saturated heterocycles. The zero-order valence-electron chi connectivity index (χ0n) is 17.0. The molecule has 0 aromatic carbocycles. The second-order valence-electron chi connectivity index (χ2n) is 8.49. The minimum absolute atomic E-state index is 0.277. The predicted molar refractivity (Wildman–Crippen MR) is 113 cm³/mol. The van der Waals surface area contributed by atoms with Crippen LogP contribution in [0.15, 0.2) is 18.3 Å². The maximum atomic E-state index is 11.7. The van der Waals surface area contributed by atoms with E-state index in [-0.39, 0.29) is 5.69 Å². The molecule has 1 unspecified atom stereocenters. The number of piperidine rings is 1. The summed E-state index contributed by atoms with van der Waals surface area (Å²) in [6.07, 6.45) is 5.80. The van der Waals surface area contributed by atoms with Gasteiger partial charge in [0.1, 0.15) is 11.3 Å². The summed E-state index contributed by atoms with van der Waals surface area (Å²) in [4.78, 5) is 18.2. The lowest BCUT2D eigenvalue weighted by molar-refractivity contribution is -0.169. The van der Waals surface area contributed by atoms with E-state index >= 15 is 0 Å². The van der Waals surface area contributed by atoms with E-state index in [1.807, 2.05) is 10.4 Å². The highest BCUT2D eigenvalue weighted by Crippen LogP contribution is 2.52. The maximum absolute atomic E-state index is 11.7. The number of primary amides is 1. The smallest absolute Gasteiger partial charge is 0.267 e. The van der Waals surface area contributed by atoms with E-state index in [2.05, 4.69) is 9.88 Å². The third-order valence-electron chi connectivity index (χ3n) is 6.98. The molecule has 8 nitrogen and oxygen atoms in total. The summed E-state index contributed by atoms with van der Waals surface area (Å²) in [6, 6.07) is 3.75. The fourth-order valence-electron chi connectivity index (χ4n) is 5.66. The van der Waals surface area contributed by atoms with Crippen molar-refractivity contribution < 1.29 is 18.6 Å². The topological polar surface area (TPSA) is 112 Å². The van der Waals surface area contributed by atoms with E-state index in [9.17, 15) is 13.9 Å². The number of carbonyl (C=O) groups excluding carboxylic acids is 1. The van der Waals surface area contributed by atoms with Crippen LogP contribution in [-0.4, -0.2) is 74.8 Å². The van der Waals surface area contributed by atoms with E-state index in [0.717, 1.165) is 51.0 Å². The van der Waals surface area contributed by atoms with Crippen LogP contribution in [0.2, 0.25) is 0 Å². The van der Waals surface area contributed by atoms with Crippen molar-refractivity contribution in [2.45, 2.75) is 31.3 Å². The number of methoxy groups -OCH3 is 1. The monoisotopic (exact) mass is 424 g/mol. The van der Waals surface area contributed by atoms with Crippen LogP contribution in [0, 0.1) is 11.8 Å². The summed E-state index contributed by atoms with van der Waals surface area (Å²) in [5, 5.41) is 0. The number of hydrogen-bond donors (Lipinski definition) is 3. The van der Waals surface area contributed by atoms with Crippen LogP contribution in [0.1, 0.15) is 41.7 Å². The van der Waals surface area contributed by atoms with Gasteiger partial charge in [-0.15, -0.1) is 10.8 Å². The fourth-order valence-corrected chi connectivity index (χ4v) is 7.23. The molecule has 29 heavy (non-hydrogen) atoms. The van der Waals surface area contributed by atoms with E-state index in [0.29, 0.717) is 24.1 Å². The van der Waals surface area contributed by atoms with Crippen molar-refractivity contribution in [1.29, 1.82) is 0 Å². The van der Waals surface area contributed by atoms with Gasteiger partial charge in [-0.2, -0.15) is 0 Å². The van der Waals surface area contributed by atoms with Gasteiger partial charge in [0.15, 0.2) is 0 Å². The average Bonchev–Trinajstić information content (AvgIpc) is 3.03. The van der Waals surface area contributed by atoms with Gasteiger partial charge in [0.2, 0.25) is 0 Å². The Labute approximate surface area is 173 Å². The van der Waals surface area contributed by atoms with E-state index in [1.165, 1.54) is 6.42 Å². The molecule has 0 radical (unpaired) electrons. The molecule has 1 aromatic heterocycles. The van der Waals surface area contributed by atoms with Crippen molar-refractivity contribution >= 4 is 16.7 Å². The molecule has 1 amide bonds. The van der Waals surface area contributed by atoms with Crippen molar-refractivity contribution in [3.05, 3.63) is 29.6 Å². The van der Waals surface area contributed by atoms with E-state index in [4.69, 9.17) is 10.5 Å². The van der Waals surface area contributed by atoms with Crippen LogP contribution >= 0.6 is 10.8 Å². The zero-order chi connectivity index (χ0) is 20.6. The Morgan fingerprint density at radius 2 is 2.03 bits per heavy atom. The first-order valence-corrected chi connectivity index (χ1v) is 12.1. The average molecular weight is 425 g/mol. The number of fused-ring (bicyclic) bond motifs is 2. The van der Waals surface area contributed by atoms with Crippen LogP contribution in [-0.2, 0) is 10.3 Å². The van der Waals surface area contributed by atoms with Gasteiger partial charge < -0.3 is 15.4 Å². The highest BCUT2D eigenvalue weighted by molar-refractivity contribution is 8.22. The molecule has 3 atom stereocenters. The van der Waals surface area contributed by atoms with Gasteiger partial charge in [-0.3, -0.25) is 18.9 Å². The molecular formula is C20H32N4O4S. The zero-order valence-corrected chi connectivity index (χ0v) is 17.8. The standard InChI is InChI=1S/C20H32N4O4S/c1-28-20(15-6-7-22-18(12-15)19(21)25)16-4-2-5-17(20)14-23(13-16)9-10-24-8-3-11-29(24,26)27/h6-7,12,16-17,26-27H,2-5,8-11,13-14H2,1H3,(H2,21,25)/t16-,17+,20?. The van der Waals surface area contributed by atoms with Crippen LogP contribution in [0.25, 0.3) is 0 Å². The second kappa shape index (κ2) is 8.13. The largest absolute Gasteiger partial charge is 0.373 e. The Bertz CT molecular complexity index is 748. The number of likely N-dealkylation sites (tertiary alicyclic amines) is 1. The van der Waals surface area contributed by atoms with Crippen LogP contribution in [0.4, 0.5) is 0 Å². The minimum atomic E-state index is -2.56. The first kappa shape index (κ1) is 21.0. The van der Waals surface area contributed by atoms with E-state index in [1.54, 1.807) is 19.4 Å². The van der Waals surface area contributed by atoms with Gasteiger partial charge in [0, 0.05) is 57.9 Å². The molecule has 1 saturated carbocycles. The Morgan fingerprint density at radius 3 is 2.62 bits per heavy atom. The summed E-state index contributed by atoms with van der Waals surface area (Å²) >= 11 is 0. The first-order chi connectivity index (χ1) is 13.9. The molecule has 1 aromatic rings. The number of hydrogen-bond acceptors (Lipinski definition) is 7. The van der Waals surface area contributed by atoms with Crippen molar-refractivity contribution in [3.63, 3.8) is 0 Å². The molecule has 4 N–H and O–H groups in total. The molecule has 2 bridgehead atoms. The fraction of sp³-hybridized carbons (Fsp3) is 0.700. The summed E-state index contributed by atoms with van der Waals surface area (Å²) in [5.74, 6) is 0.587. The maximum Gasteiger partial charge on any atom is 0.267 e. The Morgan fingerprint density at radius 1 is 1.31 bits per heavy atom. The molecule has 3 heterocycles. The number of nitrogens with zero attached hydrogens (tertiary/aromatic N) is 3. The van der Waals surface area contributed by atoms with Crippen molar-refractivity contribution in [1.82, 2.24) is 14.2 Å². The number of pyridine rings is 1. The molecule has 9 heteroatoms. The lowest BCUT2D eigenvalue weighted by atomic mass is 9.62. The van der Waals surface area contributed by atoms with Crippen LogP contribution in [0.3, 0.4) is 0 Å². The third-order valence-corrected chi connectivity index (χ3v) is 9.01. The number of ether oxygens (including phenoxy) is 1. The van der Waals surface area contributed by atoms with Gasteiger partial charge in [0.05, 0.1) is 5.75 Å². The molecule has 1 aliphatic carbocycles.